The highest BCUT2D eigenvalue weighted by Gasteiger charge is 2.28. The molecular formula is C10H16N2S. The molecule has 0 amide bonds. The van der Waals surface area contributed by atoms with Crippen LogP contribution >= 0.6 is 11.3 Å². The van der Waals surface area contributed by atoms with E-state index in [4.69, 9.17) is 0 Å². The molecule has 1 aliphatic rings. The number of aryl methyl sites for hydroxylation is 1. The first-order valence-electron chi connectivity index (χ1n) is 4.90. The summed E-state index contributed by atoms with van der Waals surface area (Å²) in [6.45, 7) is 2.07. The van der Waals surface area contributed by atoms with E-state index in [9.17, 15) is 0 Å². The molecule has 13 heavy (non-hydrogen) atoms. The lowest BCUT2D eigenvalue weighted by molar-refractivity contribution is 0.236. The summed E-state index contributed by atoms with van der Waals surface area (Å²) < 4.78 is 0. The van der Waals surface area contributed by atoms with Gasteiger partial charge in [0.05, 0.1) is 16.7 Å². The average Bonchev–Trinajstić information content (AvgIpc) is 2.43. The first-order valence-corrected chi connectivity index (χ1v) is 5.78. The van der Waals surface area contributed by atoms with E-state index in [-0.39, 0.29) is 0 Å². The SMILES string of the molecule is CNC(c1csc(C)n1)C1CCC1. The maximum atomic E-state index is 4.54. The van der Waals surface area contributed by atoms with Crippen molar-refractivity contribution in [2.75, 3.05) is 7.05 Å². The molecule has 0 aliphatic heterocycles. The van der Waals surface area contributed by atoms with Gasteiger partial charge in [-0.25, -0.2) is 4.98 Å². The van der Waals surface area contributed by atoms with Crippen LogP contribution in [-0.4, -0.2) is 12.0 Å². The van der Waals surface area contributed by atoms with Gasteiger partial charge in [-0.2, -0.15) is 0 Å². The molecule has 2 nitrogen and oxygen atoms in total. The molecule has 1 N–H and O–H groups in total. The third-order valence-corrected chi connectivity index (χ3v) is 3.68. The van der Waals surface area contributed by atoms with Crippen molar-refractivity contribution in [3.63, 3.8) is 0 Å². The summed E-state index contributed by atoms with van der Waals surface area (Å²) in [5.41, 5.74) is 1.25. The number of nitrogens with zero attached hydrogens (tertiary/aromatic N) is 1. The fourth-order valence-electron chi connectivity index (χ4n) is 1.92. The summed E-state index contributed by atoms with van der Waals surface area (Å²) in [4.78, 5) is 4.54. The third-order valence-electron chi connectivity index (χ3n) is 2.89. The number of rotatable bonds is 3. The molecule has 0 bridgehead atoms. The zero-order valence-corrected chi connectivity index (χ0v) is 9.03. The molecule has 1 aromatic heterocycles. The minimum absolute atomic E-state index is 0.499. The molecule has 72 valence electrons. The van der Waals surface area contributed by atoms with E-state index in [2.05, 4.69) is 22.6 Å². The molecule has 1 aliphatic carbocycles. The summed E-state index contributed by atoms with van der Waals surface area (Å²) >= 11 is 1.75. The molecule has 1 heterocycles. The number of hydrogen-bond acceptors (Lipinski definition) is 3. The Kier molecular flexibility index (Phi) is 2.65. The maximum absolute atomic E-state index is 4.54. The van der Waals surface area contributed by atoms with Crippen LogP contribution in [0.1, 0.15) is 36.0 Å². The monoisotopic (exact) mass is 196 g/mol. The molecule has 1 fully saturated rings. The normalized spacial score (nSPS) is 19.8. The van der Waals surface area contributed by atoms with E-state index in [0.29, 0.717) is 6.04 Å². The number of aromatic nitrogens is 1. The highest BCUT2D eigenvalue weighted by Crippen LogP contribution is 2.37. The van der Waals surface area contributed by atoms with Crippen molar-refractivity contribution < 1.29 is 0 Å². The molecule has 0 aromatic carbocycles. The Balaban J connectivity index is 2.11. The highest BCUT2D eigenvalue weighted by atomic mass is 32.1. The van der Waals surface area contributed by atoms with Crippen LogP contribution < -0.4 is 5.32 Å². The van der Waals surface area contributed by atoms with Gasteiger partial charge in [0.15, 0.2) is 0 Å². The molecular weight excluding hydrogens is 180 g/mol. The van der Waals surface area contributed by atoms with Gasteiger partial charge in [0.2, 0.25) is 0 Å². The molecule has 1 saturated carbocycles. The molecule has 1 atom stereocenters. The Morgan fingerprint density at radius 2 is 2.38 bits per heavy atom. The summed E-state index contributed by atoms with van der Waals surface area (Å²) in [7, 11) is 2.04. The quantitative estimate of drug-likeness (QED) is 0.803. The van der Waals surface area contributed by atoms with Crippen LogP contribution in [-0.2, 0) is 0 Å². The van der Waals surface area contributed by atoms with Crippen molar-refractivity contribution >= 4 is 11.3 Å². The number of thiazole rings is 1. The van der Waals surface area contributed by atoms with Gasteiger partial charge < -0.3 is 5.32 Å². The smallest absolute Gasteiger partial charge is 0.0898 e. The van der Waals surface area contributed by atoms with E-state index in [0.717, 1.165) is 5.92 Å². The lowest BCUT2D eigenvalue weighted by Crippen LogP contribution is -2.29. The van der Waals surface area contributed by atoms with E-state index < -0.39 is 0 Å². The van der Waals surface area contributed by atoms with Crippen molar-refractivity contribution in [2.45, 2.75) is 32.2 Å². The van der Waals surface area contributed by atoms with E-state index in [1.165, 1.54) is 30.0 Å². The van der Waals surface area contributed by atoms with Crippen molar-refractivity contribution in [1.29, 1.82) is 0 Å². The van der Waals surface area contributed by atoms with Crippen molar-refractivity contribution in [2.24, 2.45) is 5.92 Å². The van der Waals surface area contributed by atoms with Crippen molar-refractivity contribution in [1.82, 2.24) is 10.3 Å². The first-order chi connectivity index (χ1) is 6.31. The zero-order chi connectivity index (χ0) is 9.26. The lowest BCUT2D eigenvalue weighted by Gasteiger charge is -2.32. The van der Waals surface area contributed by atoms with Gasteiger partial charge in [-0.1, -0.05) is 6.42 Å². The topological polar surface area (TPSA) is 24.9 Å². The van der Waals surface area contributed by atoms with Gasteiger partial charge in [-0.05, 0) is 32.7 Å². The number of hydrogen-bond donors (Lipinski definition) is 1. The van der Waals surface area contributed by atoms with Crippen LogP contribution in [0.15, 0.2) is 5.38 Å². The van der Waals surface area contributed by atoms with Gasteiger partial charge in [-0.15, -0.1) is 11.3 Å². The predicted octanol–water partition coefficient (Wildman–Crippen LogP) is 2.51. The average molecular weight is 196 g/mol. The Morgan fingerprint density at radius 1 is 1.62 bits per heavy atom. The Hall–Kier alpha value is -0.410. The Bertz CT molecular complexity index is 278. The van der Waals surface area contributed by atoms with Gasteiger partial charge in [0.1, 0.15) is 0 Å². The number of nitrogens with one attached hydrogen (secondary N) is 1. The second kappa shape index (κ2) is 3.76. The van der Waals surface area contributed by atoms with Gasteiger partial charge in [0.25, 0.3) is 0 Å². The minimum atomic E-state index is 0.499. The highest BCUT2D eigenvalue weighted by molar-refractivity contribution is 7.09. The van der Waals surface area contributed by atoms with E-state index in [1.54, 1.807) is 11.3 Å². The summed E-state index contributed by atoms with van der Waals surface area (Å²) in [5, 5.41) is 6.74. The van der Waals surface area contributed by atoms with Crippen LogP contribution in [0.4, 0.5) is 0 Å². The molecule has 0 spiro atoms. The van der Waals surface area contributed by atoms with Crippen LogP contribution in [0.5, 0.6) is 0 Å². The molecule has 0 saturated heterocycles. The van der Waals surface area contributed by atoms with E-state index >= 15 is 0 Å². The lowest BCUT2D eigenvalue weighted by atomic mass is 9.79. The van der Waals surface area contributed by atoms with Crippen LogP contribution in [0.25, 0.3) is 0 Å². The summed E-state index contributed by atoms with van der Waals surface area (Å²) in [6, 6.07) is 0.499. The Morgan fingerprint density at radius 3 is 2.77 bits per heavy atom. The van der Waals surface area contributed by atoms with Crippen molar-refractivity contribution in [3.8, 4) is 0 Å². The fourth-order valence-corrected chi connectivity index (χ4v) is 2.57. The zero-order valence-electron chi connectivity index (χ0n) is 8.21. The molecule has 1 aromatic rings. The predicted molar refractivity (Wildman–Crippen MR) is 56.0 cm³/mol. The van der Waals surface area contributed by atoms with Gasteiger partial charge in [-0.3, -0.25) is 0 Å². The van der Waals surface area contributed by atoms with Crippen molar-refractivity contribution in [3.05, 3.63) is 16.1 Å². The largest absolute Gasteiger partial charge is 0.311 e. The van der Waals surface area contributed by atoms with Crippen LogP contribution in [0.3, 0.4) is 0 Å². The molecule has 0 radical (unpaired) electrons. The first kappa shape index (κ1) is 9.16. The second-order valence-corrected chi connectivity index (χ2v) is 4.81. The second-order valence-electron chi connectivity index (χ2n) is 3.75. The third kappa shape index (κ3) is 1.76. The molecule has 1 unspecified atom stereocenters. The van der Waals surface area contributed by atoms with Crippen LogP contribution in [0, 0.1) is 12.8 Å². The molecule has 2 rings (SSSR count). The summed E-state index contributed by atoms with van der Waals surface area (Å²) in [6.07, 6.45) is 4.12. The maximum Gasteiger partial charge on any atom is 0.0898 e. The minimum Gasteiger partial charge on any atom is -0.311 e. The Labute approximate surface area is 83.4 Å². The van der Waals surface area contributed by atoms with Gasteiger partial charge in [0, 0.05) is 5.38 Å². The van der Waals surface area contributed by atoms with E-state index in [1.807, 2.05) is 7.05 Å². The molecule has 3 heteroatoms. The summed E-state index contributed by atoms with van der Waals surface area (Å²) in [5.74, 6) is 0.825. The van der Waals surface area contributed by atoms with Crippen LogP contribution in [0.2, 0.25) is 0 Å². The fraction of sp³-hybridized carbons (Fsp3) is 0.700. The van der Waals surface area contributed by atoms with Gasteiger partial charge >= 0.3 is 0 Å². The standard InChI is InChI=1S/C10H16N2S/c1-7-12-9(6-13-7)10(11-2)8-4-3-5-8/h6,8,10-11H,3-5H2,1-2H3.